The van der Waals surface area contributed by atoms with Gasteiger partial charge in [0.1, 0.15) is 23.3 Å². The van der Waals surface area contributed by atoms with Crippen molar-refractivity contribution in [2.75, 3.05) is 0 Å². The number of fused-ring (bicyclic) bond motifs is 2. The van der Waals surface area contributed by atoms with E-state index in [0.29, 0.717) is 6.61 Å². The Balaban J connectivity index is 1.40. The largest absolute Gasteiger partial charge is 0.489 e. The second-order valence-corrected chi connectivity index (χ2v) is 10.1. The van der Waals surface area contributed by atoms with Crippen LogP contribution in [0.25, 0.3) is 6.08 Å². The van der Waals surface area contributed by atoms with Gasteiger partial charge in [-0.2, -0.15) is 0 Å². The SMILES string of the molecule is C=Cc1ccc(COc2ccc([S+]3c4ccccc4Sc4ccccc43)cc2)cc1. The minimum Gasteiger partial charge on any atom is -0.489 e. The number of hydrogen-bond donors (Lipinski definition) is 0. The summed E-state index contributed by atoms with van der Waals surface area (Å²) in [6.07, 6.45) is 1.85. The molecule has 0 radical (unpaired) electrons. The highest BCUT2D eigenvalue weighted by Gasteiger charge is 2.37. The maximum absolute atomic E-state index is 6.02. The van der Waals surface area contributed by atoms with Crippen LogP contribution in [0, 0.1) is 0 Å². The van der Waals surface area contributed by atoms with Gasteiger partial charge < -0.3 is 4.74 Å². The average Bonchev–Trinajstić information content (AvgIpc) is 2.82. The molecule has 0 saturated heterocycles. The molecule has 0 aromatic heterocycles. The van der Waals surface area contributed by atoms with Gasteiger partial charge in [-0.05, 0) is 59.7 Å². The van der Waals surface area contributed by atoms with Crippen molar-refractivity contribution in [3.05, 3.63) is 115 Å². The highest BCUT2D eigenvalue weighted by atomic mass is 32.2. The zero-order chi connectivity index (χ0) is 20.3. The summed E-state index contributed by atoms with van der Waals surface area (Å²) in [6.45, 7) is 4.36. The lowest BCUT2D eigenvalue weighted by Gasteiger charge is -2.18. The van der Waals surface area contributed by atoms with E-state index in [9.17, 15) is 0 Å². The third kappa shape index (κ3) is 3.79. The highest BCUT2D eigenvalue weighted by molar-refractivity contribution is 8.04. The molecule has 1 heterocycles. The van der Waals surface area contributed by atoms with Crippen LogP contribution in [0.4, 0.5) is 0 Å². The zero-order valence-corrected chi connectivity index (χ0v) is 18.1. The van der Waals surface area contributed by atoms with Crippen molar-refractivity contribution >= 4 is 28.7 Å². The van der Waals surface area contributed by atoms with E-state index >= 15 is 0 Å². The van der Waals surface area contributed by atoms with Gasteiger partial charge in [0.25, 0.3) is 0 Å². The van der Waals surface area contributed by atoms with Crippen molar-refractivity contribution in [3.8, 4) is 5.75 Å². The van der Waals surface area contributed by atoms with E-state index < -0.39 is 0 Å². The molecule has 0 spiro atoms. The molecule has 146 valence electrons. The molecule has 4 aromatic rings. The molecule has 0 N–H and O–H groups in total. The van der Waals surface area contributed by atoms with Crippen molar-refractivity contribution in [2.24, 2.45) is 0 Å². The van der Waals surface area contributed by atoms with E-state index in [2.05, 4.69) is 104 Å². The maximum Gasteiger partial charge on any atom is 0.180 e. The van der Waals surface area contributed by atoms with Gasteiger partial charge in [0.2, 0.25) is 0 Å². The molecule has 1 aliphatic heterocycles. The molecule has 30 heavy (non-hydrogen) atoms. The Morgan fingerprint density at radius 2 is 1.33 bits per heavy atom. The summed E-state index contributed by atoms with van der Waals surface area (Å²) in [6, 6.07) is 34.4. The van der Waals surface area contributed by atoms with Gasteiger partial charge in [0, 0.05) is 0 Å². The third-order valence-corrected chi connectivity index (χ3v) is 8.78. The molecular formula is C27H21OS2+. The second-order valence-electron chi connectivity index (χ2n) is 7.01. The van der Waals surface area contributed by atoms with E-state index in [4.69, 9.17) is 4.74 Å². The van der Waals surface area contributed by atoms with E-state index in [1.165, 1.54) is 24.5 Å². The molecule has 0 aliphatic carbocycles. The summed E-state index contributed by atoms with van der Waals surface area (Å²) >= 11 is 1.87. The molecule has 1 aliphatic rings. The smallest absolute Gasteiger partial charge is 0.180 e. The first kappa shape index (κ1) is 19.1. The van der Waals surface area contributed by atoms with Crippen LogP contribution in [0.15, 0.2) is 128 Å². The molecule has 1 nitrogen and oxygen atoms in total. The normalized spacial score (nSPS) is 12.7. The Bertz CT molecular complexity index is 1130. The lowest BCUT2D eigenvalue weighted by molar-refractivity contribution is 0.306. The average molecular weight is 426 g/mol. The molecule has 0 saturated carbocycles. The standard InChI is InChI=1S/C27H21OS2/c1-2-20-11-13-21(14-12-20)19-28-22-15-17-23(18-16-22)30-26-9-5-3-7-24(26)29-25-8-4-6-10-27(25)30/h2-18H,1,19H2/q+1. The maximum atomic E-state index is 6.02. The molecule has 0 atom stereocenters. The van der Waals surface area contributed by atoms with Crippen LogP contribution >= 0.6 is 11.8 Å². The molecule has 3 heteroatoms. The monoisotopic (exact) mass is 425 g/mol. The van der Waals surface area contributed by atoms with Gasteiger partial charge in [0.05, 0.1) is 9.79 Å². The van der Waals surface area contributed by atoms with E-state index in [1.54, 1.807) is 0 Å². The summed E-state index contributed by atoms with van der Waals surface area (Å²) in [4.78, 5) is 6.82. The quantitative estimate of drug-likeness (QED) is 0.270. The fourth-order valence-electron chi connectivity index (χ4n) is 3.49. The summed E-state index contributed by atoms with van der Waals surface area (Å²) in [7, 11) is -0.0957. The third-order valence-electron chi connectivity index (χ3n) is 5.04. The van der Waals surface area contributed by atoms with Crippen LogP contribution in [-0.4, -0.2) is 0 Å². The first-order valence-corrected chi connectivity index (χ1v) is 11.9. The number of rotatable bonds is 5. The van der Waals surface area contributed by atoms with Crippen molar-refractivity contribution in [2.45, 2.75) is 31.1 Å². The van der Waals surface area contributed by atoms with Gasteiger partial charge >= 0.3 is 0 Å². The first-order valence-electron chi connectivity index (χ1n) is 9.86. The number of benzene rings is 4. The van der Waals surface area contributed by atoms with Crippen LogP contribution in [-0.2, 0) is 17.5 Å². The lowest BCUT2D eigenvalue weighted by atomic mass is 10.1. The molecule has 5 rings (SSSR count). The van der Waals surface area contributed by atoms with Crippen LogP contribution < -0.4 is 4.74 Å². The van der Waals surface area contributed by atoms with Gasteiger partial charge in [-0.25, -0.2) is 0 Å². The Kier molecular flexibility index (Phi) is 5.39. The lowest BCUT2D eigenvalue weighted by Crippen LogP contribution is -2.10. The molecule has 0 fully saturated rings. The Hall–Kier alpha value is -2.88. The predicted molar refractivity (Wildman–Crippen MR) is 126 cm³/mol. The minimum atomic E-state index is -0.0957. The Morgan fingerprint density at radius 1 is 0.733 bits per heavy atom. The first-order chi connectivity index (χ1) is 14.8. The van der Waals surface area contributed by atoms with Crippen molar-refractivity contribution in [1.29, 1.82) is 0 Å². The van der Waals surface area contributed by atoms with Crippen LogP contribution in [0.3, 0.4) is 0 Å². The van der Waals surface area contributed by atoms with E-state index in [1.807, 2.05) is 17.8 Å². The summed E-state index contributed by atoms with van der Waals surface area (Å²) in [5.41, 5.74) is 2.27. The molecule has 0 bridgehead atoms. The summed E-state index contributed by atoms with van der Waals surface area (Å²) in [5, 5.41) is 0. The van der Waals surface area contributed by atoms with Crippen molar-refractivity contribution in [1.82, 2.24) is 0 Å². The molecule has 4 aromatic carbocycles. The van der Waals surface area contributed by atoms with Gasteiger partial charge in [0.15, 0.2) is 14.7 Å². The summed E-state index contributed by atoms with van der Waals surface area (Å²) in [5.74, 6) is 0.892. The predicted octanol–water partition coefficient (Wildman–Crippen LogP) is 7.47. The zero-order valence-electron chi connectivity index (χ0n) is 16.5. The fraction of sp³-hybridized carbons (Fsp3) is 0.0370. The van der Waals surface area contributed by atoms with E-state index in [0.717, 1.165) is 16.9 Å². The Morgan fingerprint density at radius 3 is 1.93 bits per heavy atom. The van der Waals surface area contributed by atoms with Crippen LogP contribution in [0.1, 0.15) is 11.1 Å². The van der Waals surface area contributed by atoms with Gasteiger partial charge in [-0.3, -0.25) is 0 Å². The van der Waals surface area contributed by atoms with Crippen LogP contribution in [0.2, 0.25) is 0 Å². The molecular weight excluding hydrogens is 404 g/mol. The molecule has 0 amide bonds. The minimum absolute atomic E-state index is 0.0957. The molecule has 0 unspecified atom stereocenters. The highest BCUT2D eigenvalue weighted by Crippen LogP contribution is 2.48. The topological polar surface area (TPSA) is 9.23 Å². The Labute approximate surface area is 184 Å². The van der Waals surface area contributed by atoms with Crippen LogP contribution in [0.5, 0.6) is 5.75 Å². The number of ether oxygens (including phenoxy) is 1. The van der Waals surface area contributed by atoms with Gasteiger partial charge in [-0.1, -0.05) is 72.9 Å². The second kappa shape index (κ2) is 8.47. The van der Waals surface area contributed by atoms with E-state index in [-0.39, 0.29) is 10.9 Å². The van der Waals surface area contributed by atoms with Crippen molar-refractivity contribution < 1.29 is 4.74 Å². The number of hydrogen-bond acceptors (Lipinski definition) is 2. The van der Waals surface area contributed by atoms with Crippen molar-refractivity contribution in [3.63, 3.8) is 0 Å². The fourth-order valence-corrected chi connectivity index (χ4v) is 7.22. The van der Waals surface area contributed by atoms with Gasteiger partial charge in [-0.15, -0.1) is 0 Å². The summed E-state index contributed by atoms with van der Waals surface area (Å²) < 4.78 is 6.02.